The van der Waals surface area contributed by atoms with Crippen LogP contribution in [0, 0.1) is 17.5 Å². The van der Waals surface area contributed by atoms with Crippen LogP contribution in [0.3, 0.4) is 0 Å². The molecule has 1 amide bonds. The van der Waals surface area contributed by atoms with E-state index in [0.29, 0.717) is 12.2 Å². The first kappa shape index (κ1) is 15.7. The smallest absolute Gasteiger partial charge is 0.255 e. The van der Waals surface area contributed by atoms with Crippen LogP contribution in [0.5, 0.6) is 0 Å². The van der Waals surface area contributed by atoms with Crippen LogP contribution in [-0.2, 0) is 0 Å². The summed E-state index contributed by atoms with van der Waals surface area (Å²) < 4.78 is 41.2. The second-order valence-corrected chi connectivity index (χ2v) is 6.22. The molecule has 2 aromatic rings. The molecule has 23 heavy (non-hydrogen) atoms. The van der Waals surface area contributed by atoms with Crippen molar-refractivity contribution in [1.29, 1.82) is 0 Å². The summed E-state index contributed by atoms with van der Waals surface area (Å²) in [5.41, 5.74) is 1.09. The molecule has 0 spiro atoms. The Bertz CT molecular complexity index is 762. The molecule has 8 heteroatoms. The number of fused-ring (bicyclic) bond motifs is 1. The highest BCUT2D eigenvalue weighted by Crippen LogP contribution is 2.33. The van der Waals surface area contributed by atoms with Gasteiger partial charge in [-0.3, -0.25) is 4.79 Å². The molecule has 2 N–H and O–H groups in total. The molecule has 1 heterocycles. The van der Waals surface area contributed by atoms with Crippen LogP contribution in [-0.4, -0.2) is 23.9 Å². The van der Waals surface area contributed by atoms with Crippen LogP contribution >= 0.6 is 11.9 Å². The third-order valence-corrected chi connectivity index (χ3v) is 4.21. The number of rotatable bonds is 2. The maximum Gasteiger partial charge on any atom is 0.255 e. The van der Waals surface area contributed by atoms with Gasteiger partial charge in [0.15, 0.2) is 17.5 Å². The van der Waals surface area contributed by atoms with E-state index in [1.54, 1.807) is 18.2 Å². The first-order valence-electron chi connectivity index (χ1n) is 6.67. The van der Waals surface area contributed by atoms with Crippen LogP contribution in [0.25, 0.3) is 0 Å². The molecule has 120 valence electrons. The van der Waals surface area contributed by atoms with Crippen molar-refractivity contribution in [2.24, 2.45) is 0 Å². The van der Waals surface area contributed by atoms with Crippen molar-refractivity contribution >= 4 is 29.2 Å². The summed E-state index contributed by atoms with van der Waals surface area (Å²) in [4.78, 5) is 13.1. The van der Waals surface area contributed by atoms with Crippen molar-refractivity contribution in [3.63, 3.8) is 0 Å². The number of benzene rings is 2. The SMILES string of the molecule is CN1CNc2ccc(C(=O)Nc3cc(F)c(F)c(F)c3)cc2S1. The van der Waals surface area contributed by atoms with Crippen LogP contribution in [0.4, 0.5) is 24.5 Å². The molecule has 0 bridgehead atoms. The fourth-order valence-electron chi connectivity index (χ4n) is 2.11. The molecule has 0 saturated heterocycles. The van der Waals surface area contributed by atoms with Gasteiger partial charge in [-0.25, -0.2) is 17.5 Å². The highest BCUT2D eigenvalue weighted by atomic mass is 32.2. The lowest BCUT2D eigenvalue weighted by molar-refractivity contribution is 0.102. The first-order valence-corrected chi connectivity index (χ1v) is 7.44. The molecule has 0 atom stereocenters. The monoisotopic (exact) mass is 339 g/mol. The van der Waals surface area contributed by atoms with Crippen molar-refractivity contribution in [3.8, 4) is 0 Å². The van der Waals surface area contributed by atoms with E-state index in [2.05, 4.69) is 10.6 Å². The maximum absolute atomic E-state index is 13.2. The second kappa shape index (κ2) is 6.13. The van der Waals surface area contributed by atoms with Crippen molar-refractivity contribution < 1.29 is 18.0 Å². The van der Waals surface area contributed by atoms with Gasteiger partial charge in [-0.05, 0) is 37.2 Å². The number of carbonyl (C=O) groups is 1. The van der Waals surface area contributed by atoms with E-state index < -0.39 is 23.4 Å². The molecular formula is C15H12F3N3OS. The molecule has 2 aromatic carbocycles. The predicted molar refractivity (Wildman–Crippen MR) is 82.8 cm³/mol. The van der Waals surface area contributed by atoms with E-state index in [1.807, 2.05) is 11.4 Å². The minimum absolute atomic E-state index is 0.146. The van der Waals surface area contributed by atoms with Crippen LogP contribution < -0.4 is 10.6 Å². The number of amides is 1. The zero-order chi connectivity index (χ0) is 16.6. The Morgan fingerprint density at radius 1 is 1.22 bits per heavy atom. The summed E-state index contributed by atoms with van der Waals surface area (Å²) in [6.07, 6.45) is 0. The molecule has 0 aromatic heterocycles. The molecule has 0 unspecified atom stereocenters. The number of carbonyl (C=O) groups excluding carboxylic acids is 1. The van der Waals surface area contributed by atoms with Gasteiger partial charge in [0.25, 0.3) is 5.91 Å². The number of nitrogens with zero attached hydrogens (tertiary/aromatic N) is 1. The molecule has 0 fully saturated rings. The standard InChI is InChI=1S/C15H12F3N3OS/c1-21-7-19-12-3-2-8(4-13(12)23-21)15(22)20-9-5-10(16)14(18)11(17)6-9/h2-6,19H,7H2,1H3,(H,20,22). The fourth-order valence-corrected chi connectivity index (χ4v) is 3.00. The molecule has 1 aliphatic rings. The first-order chi connectivity index (χ1) is 10.9. The van der Waals surface area contributed by atoms with Crippen molar-refractivity contribution in [2.45, 2.75) is 4.90 Å². The van der Waals surface area contributed by atoms with Gasteiger partial charge < -0.3 is 10.6 Å². The molecule has 0 radical (unpaired) electrons. The number of anilines is 2. The van der Waals surface area contributed by atoms with Crippen molar-refractivity contribution in [2.75, 3.05) is 24.3 Å². The Kier molecular flexibility index (Phi) is 4.18. The van der Waals surface area contributed by atoms with Gasteiger partial charge in [0.2, 0.25) is 0 Å². The third kappa shape index (κ3) is 3.27. The summed E-state index contributed by atoms with van der Waals surface area (Å²) in [6.45, 7) is 0.678. The topological polar surface area (TPSA) is 44.4 Å². The van der Waals surface area contributed by atoms with E-state index in [-0.39, 0.29) is 5.69 Å². The molecular weight excluding hydrogens is 327 g/mol. The molecule has 4 nitrogen and oxygen atoms in total. The average Bonchev–Trinajstić information content (AvgIpc) is 2.51. The van der Waals surface area contributed by atoms with Crippen LogP contribution in [0.2, 0.25) is 0 Å². The minimum atomic E-state index is -1.57. The van der Waals surface area contributed by atoms with Crippen LogP contribution in [0.15, 0.2) is 35.2 Å². The Hall–Kier alpha value is -2.19. The second-order valence-electron chi connectivity index (χ2n) is 4.97. The zero-order valence-electron chi connectivity index (χ0n) is 12.0. The number of hydrogen-bond acceptors (Lipinski definition) is 4. The third-order valence-electron chi connectivity index (χ3n) is 3.23. The summed E-state index contributed by atoms with van der Waals surface area (Å²) in [5.74, 6) is -4.81. The average molecular weight is 339 g/mol. The van der Waals surface area contributed by atoms with Gasteiger partial charge in [-0.1, -0.05) is 0 Å². The van der Waals surface area contributed by atoms with Crippen LogP contribution in [0.1, 0.15) is 10.4 Å². The van der Waals surface area contributed by atoms with E-state index in [1.165, 1.54) is 11.9 Å². The van der Waals surface area contributed by atoms with Gasteiger partial charge in [-0.2, -0.15) is 0 Å². The lowest BCUT2D eigenvalue weighted by atomic mass is 10.2. The molecule has 0 saturated carbocycles. The van der Waals surface area contributed by atoms with Gasteiger partial charge in [0.1, 0.15) is 0 Å². The predicted octanol–water partition coefficient (Wildman–Crippen LogP) is 3.68. The Balaban J connectivity index is 1.82. The normalized spacial score (nSPS) is 14.1. The fraction of sp³-hybridized carbons (Fsp3) is 0.133. The molecule has 1 aliphatic heterocycles. The lowest BCUT2D eigenvalue weighted by Crippen LogP contribution is -2.23. The van der Waals surface area contributed by atoms with E-state index in [4.69, 9.17) is 0 Å². The van der Waals surface area contributed by atoms with Gasteiger partial charge in [-0.15, -0.1) is 0 Å². The zero-order valence-corrected chi connectivity index (χ0v) is 12.8. The highest BCUT2D eigenvalue weighted by Gasteiger charge is 2.17. The van der Waals surface area contributed by atoms with E-state index >= 15 is 0 Å². The molecule has 0 aliphatic carbocycles. The number of halogens is 3. The Labute approximate surface area is 134 Å². The van der Waals surface area contributed by atoms with E-state index in [0.717, 1.165) is 22.7 Å². The largest absolute Gasteiger partial charge is 0.371 e. The molecule has 3 rings (SSSR count). The number of nitrogens with one attached hydrogen (secondary N) is 2. The number of hydrogen-bond donors (Lipinski definition) is 2. The quantitative estimate of drug-likeness (QED) is 0.647. The maximum atomic E-state index is 13.2. The van der Waals surface area contributed by atoms with Gasteiger partial charge in [0, 0.05) is 28.3 Å². The van der Waals surface area contributed by atoms with E-state index in [9.17, 15) is 18.0 Å². The summed E-state index contributed by atoms with van der Waals surface area (Å²) in [7, 11) is 1.90. The summed E-state index contributed by atoms with van der Waals surface area (Å²) in [6, 6.07) is 6.51. The Morgan fingerprint density at radius 2 is 1.91 bits per heavy atom. The summed E-state index contributed by atoms with van der Waals surface area (Å²) in [5, 5.41) is 5.54. The van der Waals surface area contributed by atoms with Gasteiger partial charge >= 0.3 is 0 Å². The Morgan fingerprint density at radius 3 is 2.61 bits per heavy atom. The highest BCUT2D eigenvalue weighted by molar-refractivity contribution is 7.97. The summed E-state index contributed by atoms with van der Waals surface area (Å²) >= 11 is 1.48. The van der Waals surface area contributed by atoms with Gasteiger partial charge in [0.05, 0.1) is 12.4 Å². The van der Waals surface area contributed by atoms with Crippen molar-refractivity contribution in [1.82, 2.24) is 4.31 Å². The van der Waals surface area contributed by atoms with Crippen molar-refractivity contribution in [3.05, 3.63) is 53.3 Å². The minimum Gasteiger partial charge on any atom is -0.371 e. The lowest BCUT2D eigenvalue weighted by Gasteiger charge is -2.25.